The lowest BCUT2D eigenvalue weighted by Crippen LogP contribution is -2.23. The summed E-state index contributed by atoms with van der Waals surface area (Å²) in [4.78, 5) is 3.67. The summed E-state index contributed by atoms with van der Waals surface area (Å²) in [7, 11) is 1.40. The van der Waals surface area contributed by atoms with Crippen molar-refractivity contribution in [2.24, 2.45) is 4.99 Å². The fourth-order valence-electron chi connectivity index (χ4n) is 0.528. The molecule has 0 saturated carbocycles. The Labute approximate surface area is 57.7 Å². The molecule has 1 heterocycles. The average molecular weight is 169 g/mol. The van der Waals surface area contributed by atoms with E-state index in [0.29, 0.717) is 13.1 Å². The second-order valence-corrected chi connectivity index (χ2v) is 4.04. The highest BCUT2D eigenvalue weighted by Gasteiger charge is 2.17. The summed E-state index contributed by atoms with van der Waals surface area (Å²) in [6, 6.07) is 0. The van der Waals surface area contributed by atoms with Crippen molar-refractivity contribution in [1.29, 1.82) is 0 Å². The summed E-state index contributed by atoms with van der Waals surface area (Å²) < 4.78 is 21.9. The van der Waals surface area contributed by atoms with Crippen LogP contribution in [0.2, 0.25) is 0 Å². The summed E-state index contributed by atoms with van der Waals surface area (Å²) >= 11 is 0. The van der Waals surface area contributed by atoms with Gasteiger partial charge in [-0.2, -0.15) is 8.42 Å². The van der Waals surface area contributed by atoms with Crippen LogP contribution in [0.5, 0.6) is 0 Å². The lowest BCUT2D eigenvalue weighted by molar-refractivity contribution is 0.557. The molecule has 0 spiro atoms. The number of hydrogen-bond donors (Lipinski definition) is 0. The van der Waals surface area contributed by atoms with Crippen molar-refractivity contribution in [3.05, 3.63) is 0 Å². The van der Waals surface area contributed by atoms with Crippen LogP contribution in [-0.4, -0.2) is 32.2 Å². The van der Waals surface area contributed by atoms with E-state index in [2.05, 4.69) is 4.99 Å². The molecule has 1 aliphatic heterocycles. The third-order valence-electron chi connectivity index (χ3n) is 0.940. The van der Waals surface area contributed by atoms with Gasteiger partial charge in [0.1, 0.15) is 6.34 Å². The van der Waals surface area contributed by atoms with Crippen molar-refractivity contribution < 1.29 is 8.42 Å². The third-order valence-corrected chi connectivity index (χ3v) is 2.31. The van der Waals surface area contributed by atoms with Gasteiger partial charge in [0, 0.05) is 10.7 Å². The Kier molecular flexibility index (Phi) is 1.63. The number of aliphatic imine (C=N–C) groups is 1. The van der Waals surface area contributed by atoms with E-state index in [9.17, 15) is 8.42 Å². The summed E-state index contributed by atoms with van der Waals surface area (Å²) in [5.41, 5.74) is 0. The van der Waals surface area contributed by atoms with E-state index in [1.807, 2.05) is 0 Å². The van der Waals surface area contributed by atoms with Crippen LogP contribution < -0.4 is 0 Å². The second kappa shape index (κ2) is 2.15. The fraction of sp³-hybridized carbons (Fsp3) is 0.667. The Bertz CT molecular complexity index is 222. The zero-order valence-electron chi connectivity index (χ0n) is 4.49. The Morgan fingerprint density at radius 1 is 1.67 bits per heavy atom. The van der Waals surface area contributed by atoms with Gasteiger partial charge < -0.3 is 0 Å². The molecular weight excluding hydrogens is 164 g/mol. The highest BCUT2D eigenvalue weighted by atomic mass is 35.7. The van der Waals surface area contributed by atoms with Gasteiger partial charge in [0.25, 0.3) is 0 Å². The zero-order chi connectivity index (χ0) is 6.91. The molecule has 4 nitrogen and oxygen atoms in total. The van der Waals surface area contributed by atoms with Crippen LogP contribution in [-0.2, 0) is 9.24 Å². The van der Waals surface area contributed by atoms with Gasteiger partial charge in [-0.15, -0.1) is 0 Å². The number of halogens is 1. The number of nitrogens with zero attached hydrogens (tertiary/aromatic N) is 2. The standard InChI is InChI=1S/C3H5ClN2O2S/c4-9(7,8)6-2-1-5-3-6/h3H,1-2H2. The third kappa shape index (κ3) is 1.56. The molecule has 0 bridgehead atoms. The molecule has 1 aliphatic rings. The first-order valence-electron chi connectivity index (χ1n) is 2.32. The molecule has 0 atom stereocenters. The van der Waals surface area contributed by atoms with Gasteiger partial charge in [-0.3, -0.25) is 4.99 Å². The number of hydrogen-bond acceptors (Lipinski definition) is 3. The van der Waals surface area contributed by atoms with Crippen LogP contribution in [0.1, 0.15) is 0 Å². The molecule has 0 amide bonds. The molecule has 0 radical (unpaired) electrons. The van der Waals surface area contributed by atoms with Crippen molar-refractivity contribution >= 4 is 26.3 Å². The van der Waals surface area contributed by atoms with Crippen LogP contribution in [0.25, 0.3) is 0 Å². The van der Waals surface area contributed by atoms with Gasteiger partial charge >= 0.3 is 9.24 Å². The lowest BCUT2D eigenvalue weighted by atomic mass is 10.7. The predicted molar refractivity (Wildman–Crippen MR) is 34.8 cm³/mol. The molecule has 9 heavy (non-hydrogen) atoms. The summed E-state index contributed by atoms with van der Waals surface area (Å²) in [5, 5.41) is 0. The van der Waals surface area contributed by atoms with Crippen molar-refractivity contribution in [2.75, 3.05) is 13.1 Å². The molecule has 0 unspecified atom stereocenters. The largest absolute Gasteiger partial charge is 0.322 e. The monoisotopic (exact) mass is 168 g/mol. The summed E-state index contributed by atoms with van der Waals surface area (Å²) in [6.07, 6.45) is 1.22. The number of rotatable bonds is 1. The molecule has 52 valence electrons. The SMILES string of the molecule is O=S(=O)(Cl)N1C=NCC1. The van der Waals surface area contributed by atoms with Crippen molar-refractivity contribution in [2.45, 2.75) is 0 Å². The van der Waals surface area contributed by atoms with E-state index < -0.39 is 9.24 Å². The minimum Gasteiger partial charge on any atom is -0.273 e. The van der Waals surface area contributed by atoms with Crippen molar-refractivity contribution in [1.82, 2.24) is 4.31 Å². The van der Waals surface area contributed by atoms with Gasteiger partial charge in [0.15, 0.2) is 0 Å². The lowest BCUT2D eigenvalue weighted by Gasteiger charge is -2.05. The molecular formula is C3H5ClN2O2S. The highest BCUT2D eigenvalue weighted by molar-refractivity contribution is 8.12. The minimum atomic E-state index is -3.55. The smallest absolute Gasteiger partial charge is 0.273 e. The molecule has 0 saturated heterocycles. The average Bonchev–Trinajstić information content (AvgIpc) is 2.08. The van der Waals surface area contributed by atoms with Crippen molar-refractivity contribution in [3.63, 3.8) is 0 Å². The first-order valence-corrected chi connectivity index (χ1v) is 4.59. The highest BCUT2D eigenvalue weighted by Crippen LogP contribution is 2.05. The first-order chi connectivity index (χ1) is 4.11. The van der Waals surface area contributed by atoms with E-state index in [1.165, 1.54) is 6.34 Å². The topological polar surface area (TPSA) is 49.7 Å². The van der Waals surface area contributed by atoms with Crippen LogP contribution >= 0.6 is 10.7 Å². The van der Waals surface area contributed by atoms with E-state index >= 15 is 0 Å². The van der Waals surface area contributed by atoms with Gasteiger partial charge in [0.05, 0.1) is 13.1 Å². The normalized spacial score (nSPS) is 19.0. The van der Waals surface area contributed by atoms with Gasteiger partial charge in [0.2, 0.25) is 0 Å². The minimum absolute atomic E-state index is 0.367. The summed E-state index contributed by atoms with van der Waals surface area (Å²) in [5.74, 6) is 0. The Balaban J connectivity index is 2.76. The van der Waals surface area contributed by atoms with Gasteiger partial charge in [-0.1, -0.05) is 0 Å². The Morgan fingerprint density at radius 3 is 2.56 bits per heavy atom. The van der Waals surface area contributed by atoms with Crippen molar-refractivity contribution in [3.8, 4) is 0 Å². The van der Waals surface area contributed by atoms with E-state index in [0.717, 1.165) is 4.31 Å². The van der Waals surface area contributed by atoms with Crippen LogP contribution in [0.3, 0.4) is 0 Å². The van der Waals surface area contributed by atoms with Crippen LogP contribution in [0.4, 0.5) is 0 Å². The molecule has 0 N–H and O–H groups in total. The molecule has 0 aromatic heterocycles. The quantitative estimate of drug-likeness (QED) is 0.510. The molecule has 6 heteroatoms. The fourth-order valence-corrected chi connectivity index (χ4v) is 1.32. The Hall–Kier alpha value is -0.290. The zero-order valence-corrected chi connectivity index (χ0v) is 6.06. The maximum Gasteiger partial charge on any atom is 0.322 e. The summed E-state index contributed by atoms with van der Waals surface area (Å²) in [6.45, 7) is 0.873. The first kappa shape index (κ1) is 6.82. The van der Waals surface area contributed by atoms with Crippen LogP contribution in [0, 0.1) is 0 Å². The van der Waals surface area contributed by atoms with Gasteiger partial charge in [-0.25, -0.2) is 4.31 Å². The van der Waals surface area contributed by atoms with Crippen LogP contribution in [0.15, 0.2) is 4.99 Å². The molecule has 1 rings (SSSR count). The van der Waals surface area contributed by atoms with Gasteiger partial charge in [-0.05, 0) is 0 Å². The predicted octanol–water partition coefficient (Wildman–Crippen LogP) is -0.186. The second-order valence-electron chi connectivity index (χ2n) is 1.57. The van der Waals surface area contributed by atoms with E-state index in [-0.39, 0.29) is 0 Å². The van der Waals surface area contributed by atoms with E-state index in [4.69, 9.17) is 10.7 Å². The van der Waals surface area contributed by atoms with E-state index in [1.54, 1.807) is 0 Å². The molecule has 0 aromatic carbocycles. The molecule has 0 fully saturated rings. The maximum atomic E-state index is 10.4. The molecule has 0 aliphatic carbocycles. The Morgan fingerprint density at radius 2 is 2.33 bits per heavy atom. The maximum absolute atomic E-state index is 10.4. The molecule has 0 aromatic rings.